The third-order valence-electron chi connectivity index (χ3n) is 6.80. The van der Waals surface area contributed by atoms with E-state index in [0.717, 1.165) is 47.6 Å². The summed E-state index contributed by atoms with van der Waals surface area (Å²) >= 11 is 1.99. The molecule has 1 aliphatic carbocycles. The number of hydrogen-bond donors (Lipinski definition) is 2. The maximum absolute atomic E-state index is 13.2. The zero-order valence-corrected chi connectivity index (χ0v) is 19.5. The second-order valence-corrected chi connectivity index (χ2v) is 10.2. The average molecular weight is 465 g/mol. The van der Waals surface area contributed by atoms with Crippen molar-refractivity contribution in [2.24, 2.45) is 0 Å². The summed E-state index contributed by atoms with van der Waals surface area (Å²) in [6.45, 7) is 4.76. The van der Waals surface area contributed by atoms with Gasteiger partial charge in [-0.1, -0.05) is 36.4 Å². The molecule has 2 aliphatic heterocycles. The van der Waals surface area contributed by atoms with Gasteiger partial charge in [-0.15, -0.1) is 0 Å². The fraction of sp³-hybridized carbons (Fsp3) is 0.400. The molecule has 1 atom stereocenters. The molecule has 1 spiro atoms. The minimum atomic E-state index is -1.04. The normalized spacial score (nSPS) is 22.5. The molecular formula is C25H28N4O3S. The highest BCUT2D eigenvalue weighted by atomic mass is 32.2. The highest BCUT2D eigenvalue weighted by molar-refractivity contribution is 7.99. The Bertz CT molecular complexity index is 1110. The summed E-state index contributed by atoms with van der Waals surface area (Å²) in [4.78, 5) is 42.1. The van der Waals surface area contributed by atoms with Crippen LogP contribution in [0.5, 0.6) is 0 Å². The summed E-state index contributed by atoms with van der Waals surface area (Å²) in [7, 11) is 0. The summed E-state index contributed by atoms with van der Waals surface area (Å²) in [5, 5.41) is 5.74. The lowest BCUT2D eigenvalue weighted by atomic mass is 9.92. The van der Waals surface area contributed by atoms with Gasteiger partial charge >= 0.3 is 6.03 Å². The molecule has 8 heteroatoms. The van der Waals surface area contributed by atoms with Crippen LogP contribution in [0.25, 0.3) is 0 Å². The molecule has 3 aliphatic rings. The van der Waals surface area contributed by atoms with Gasteiger partial charge in [0.1, 0.15) is 12.1 Å². The molecule has 7 nitrogen and oxygen atoms in total. The van der Waals surface area contributed by atoms with Crippen molar-refractivity contribution in [3.05, 3.63) is 64.7 Å². The maximum atomic E-state index is 13.2. The molecule has 5 rings (SSSR count). The molecule has 33 heavy (non-hydrogen) atoms. The smallest absolute Gasteiger partial charge is 0.324 e. The molecule has 2 N–H and O–H groups in total. The molecule has 0 radical (unpaired) electrons. The van der Waals surface area contributed by atoms with Gasteiger partial charge in [-0.25, -0.2) is 4.79 Å². The number of hydrogen-bond acceptors (Lipinski definition) is 5. The Morgan fingerprint density at radius 3 is 2.73 bits per heavy atom. The first kappa shape index (κ1) is 22.0. The number of urea groups is 1. The molecule has 2 fully saturated rings. The minimum Gasteiger partial charge on any atom is -0.324 e. The van der Waals surface area contributed by atoms with Gasteiger partial charge in [0.25, 0.3) is 5.91 Å². The van der Waals surface area contributed by atoms with Gasteiger partial charge in [-0.3, -0.25) is 19.4 Å². The molecule has 0 bridgehead atoms. The summed E-state index contributed by atoms with van der Waals surface area (Å²) in [5.74, 6) is 1.61. The Morgan fingerprint density at radius 2 is 1.94 bits per heavy atom. The molecule has 4 amide bonds. The lowest BCUT2D eigenvalue weighted by molar-refractivity contribution is -0.134. The zero-order valence-electron chi connectivity index (χ0n) is 18.7. The van der Waals surface area contributed by atoms with E-state index in [9.17, 15) is 14.4 Å². The number of nitrogens with one attached hydrogen (secondary N) is 2. The number of anilines is 1. The third kappa shape index (κ3) is 4.13. The van der Waals surface area contributed by atoms with Gasteiger partial charge < -0.3 is 10.6 Å². The van der Waals surface area contributed by atoms with Gasteiger partial charge in [-0.05, 0) is 48.1 Å². The van der Waals surface area contributed by atoms with E-state index in [1.807, 2.05) is 55.1 Å². The number of aryl methyl sites for hydroxylation is 2. The Kier molecular flexibility index (Phi) is 5.88. The van der Waals surface area contributed by atoms with Crippen molar-refractivity contribution in [2.75, 3.05) is 36.5 Å². The van der Waals surface area contributed by atoms with Crippen molar-refractivity contribution >= 4 is 35.3 Å². The number of amides is 4. The SMILES string of the molecule is Cc1cc(CN2CCSCC2)ccc1NC(=O)CN1C(=O)NC2(CCc3ccccc32)C1=O. The van der Waals surface area contributed by atoms with Crippen LogP contribution in [0.15, 0.2) is 42.5 Å². The van der Waals surface area contributed by atoms with Crippen molar-refractivity contribution < 1.29 is 14.4 Å². The Labute approximate surface area is 197 Å². The number of rotatable bonds is 5. The molecule has 1 unspecified atom stereocenters. The average Bonchev–Trinajstić information content (AvgIpc) is 3.29. The topological polar surface area (TPSA) is 81.8 Å². The van der Waals surface area contributed by atoms with Crippen LogP contribution in [-0.2, 0) is 28.1 Å². The van der Waals surface area contributed by atoms with Crippen molar-refractivity contribution in [1.82, 2.24) is 15.1 Å². The second kappa shape index (κ2) is 8.83. The quantitative estimate of drug-likeness (QED) is 0.665. The number of carbonyl (C=O) groups excluding carboxylic acids is 3. The third-order valence-corrected chi connectivity index (χ3v) is 7.74. The lowest BCUT2D eigenvalue weighted by Crippen LogP contribution is -2.43. The van der Waals surface area contributed by atoms with E-state index >= 15 is 0 Å². The Morgan fingerprint density at radius 1 is 1.15 bits per heavy atom. The van der Waals surface area contributed by atoms with Crippen molar-refractivity contribution in [3.8, 4) is 0 Å². The molecular weight excluding hydrogens is 436 g/mol. The molecule has 0 aromatic heterocycles. The first-order valence-corrected chi connectivity index (χ1v) is 12.5. The number of fused-ring (bicyclic) bond motifs is 2. The second-order valence-electron chi connectivity index (χ2n) is 8.97. The fourth-order valence-electron chi connectivity index (χ4n) is 5.05. The van der Waals surface area contributed by atoms with E-state index in [4.69, 9.17) is 0 Å². The monoisotopic (exact) mass is 464 g/mol. The molecule has 172 valence electrons. The van der Waals surface area contributed by atoms with Crippen molar-refractivity contribution in [1.29, 1.82) is 0 Å². The van der Waals surface area contributed by atoms with Crippen LogP contribution < -0.4 is 10.6 Å². The van der Waals surface area contributed by atoms with Crippen LogP contribution >= 0.6 is 11.8 Å². The van der Waals surface area contributed by atoms with Gasteiger partial charge in [0, 0.05) is 36.8 Å². The molecule has 2 aromatic rings. The van der Waals surface area contributed by atoms with Crippen LogP contribution in [0.2, 0.25) is 0 Å². The van der Waals surface area contributed by atoms with Crippen LogP contribution in [0, 0.1) is 6.92 Å². The fourth-order valence-corrected chi connectivity index (χ4v) is 6.03. The van der Waals surface area contributed by atoms with Gasteiger partial charge in [0.05, 0.1) is 0 Å². The summed E-state index contributed by atoms with van der Waals surface area (Å²) in [6.07, 6.45) is 1.25. The minimum absolute atomic E-state index is 0.304. The van der Waals surface area contributed by atoms with Crippen LogP contribution in [0.3, 0.4) is 0 Å². The van der Waals surface area contributed by atoms with Crippen molar-refractivity contribution in [2.45, 2.75) is 31.8 Å². The first-order valence-electron chi connectivity index (χ1n) is 11.4. The van der Waals surface area contributed by atoms with Crippen LogP contribution in [0.4, 0.5) is 10.5 Å². The van der Waals surface area contributed by atoms with E-state index in [-0.39, 0.29) is 18.4 Å². The Hall–Kier alpha value is -2.84. The molecule has 0 saturated carbocycles. The Balaban J connectivity index is 1.24. The van der Waals surface area contributed by atoms with E-state index in [2.05, 4.69) is 21.6 Å². The maximum Gasteiger partial charge on any atom is 0.325 e. The molecule has 2 heterocycles. The van der Waals surface area contributed by atoms with E-state index < -0.39 is 11.6 Å². The predicted molar refractivity (Wildman–Crippen MR) is 129 cm³/mol. The highest BCUT2D eigenvalue weighted by Crippen LogP contribution is 2.41. The van der Waals surface area contributed by atoms with E-state index in [0.29, 0.717) is 12.1 Å². The first-order chi connectivity index (χ1) is 16.0. The summed E-state index contributed by atoms with van der Waals surface area (Å²) < 4.78 is 0. The predicted octanol–water partition coefficient (Wildman–Crippen LogP) is 2.88. The van der Waals surface area contributed by atoms with E-state index in [1.54, 1.807) is 0 Å². The number of nitrogens with zero attached hydrogens (tertiary/aromatic N) is 2. The number of imide groups is 1. The van der Waals surface area contributed by atoms with Crippen LogP contribution in [0.1, 0.15) is 28.7 Å². The van der Waals surface area contributed by atoms with Gasteiger partial charge in [-0.2, -0.15) is 11.8 Å². The van der Waals surface area contributed by atoms with Crippen LogP contribution in [-0.4, -0.2) is 58.8 Å². The van der Waals surface area contributed by atoms with Gasteiger partial charge in [0.2, 0.25) is 5.91 Å². The number of benzene rings is 2. The summed E-state index contributed by atoms with van der Waals surface area (Å²) in [5.41, 5.74) is 3.74. The largest absolute Gasteiger partial charge is 0.325 e. The lowest BCUT2D eigenvalue weighted by Gasteiger charge is -2.26. The number of carbonyl (C=O) groups is 3. The van der Waals surface area contributed by atoms with Gasteiger partial charge in [0.15, 0.2) is 0 Å². The molecule has 2 saturated heterocycles. The highest BCUT2D eigenvalue weighted by Gasteiger charge is 2.55. The standard InChI is InChI=1S/C25H28N4O3S/c1-17-14-18(15-28-10-12-33-13-11-28)6-7-21(17)26-22(30)16-29-23(31)25(27-24(29)32)9-8-19-4-2-3-5-20(19)25/h2-7,14H,8-13,15-16H2,1H3,(H,26,30)(H,27,32). The van der Waals surface area contributed by atoms with E-state index in [1.165, 1.54) is 17.1 Å². The van der Waals surface area contributed by atoms with Crippen molar-refractivity contribution in [3.63, 3.8) is 0 Å². The number of thioether (sulfide) groups is 1. The summed E-state index contributed by atoms with van der Waals surface area (Å²) in [6, 6.07) is 13.2. The molecule has 2 aromatic carbocycles. The zero-order chi connectivity index (χ0) is 23.0.